The highest BCUT2D eigenvalue weighted by molar-refractivity contribution is 6.05. The second-order valence-corrected chi connectivity index (χ2v) is 6.20. The van der Waals surface area contributed by atoms with Gasteiger partial charge in [0.05, 0.1) is 11.6 Å². The molecule has 6 heteroatoms. The molecule has 1 saturated heterocycles. The van der Waals surface area contributed by atoms with E-state index in [0.29, 0.717) is 25.2 Å². The molecule has 1 aliphatic rings. The molecule has 1 N–H and O–H groups in total. The van der Waals surface area contributed by atoms with Crippen LogP contribution in [0.3, 0.4) is 0 Å². The van der Waals surface area contributed by atoms with E-state index in [4.69, 9.17) is 0 Å². The van der Waals surface area contributed by atoms with E-state index >= 15 is 0 Å². The largest absolute Gasteiger partial charge is 0.351 e. The quantitative estimate of drug-likeness (QED) is 0.935. The van der Waals surface area contributed by atoms with Crippen LogP contribution in [0.2, 0.25) is 0 Å². The Labute approximate surface area is 135 Å². The highest BCUT2D eigenvalue weighted by Gasteiger charge is 2.35. The first-order valence-corrected chi connectivity index (χ1v) is 8.01. The molecule has 2 unspecified atom stereocenters. The van der Waals surface area contributed by atoms with E-state index in [1.165, 1.54) is 0 Å². The van der Waals surface area contributed by atoms with Gasteiger partial charge in [-0.15, -0.1) is 0 Å². The standard InChI is InChI=1S/C17H22N4O2/c1-4-15(22)18-13-10-21(9-11(13)2)17(23)16-12-7-5-6-8-14(12)20(3)19-16/h5-8,11,13H,4,9-10H2,1-3H3,(H,18,22). The predicted molar refractivity (Wildman–Crippen MR) is 88.0 cm³/mol. The lowest BCUT2D eigenvalue weighted by Crippen LogP contribution is -2.40. The van der Waals surface area contributed by atoms with Gasteiger partial charge in [0.1, 0.15) is 0 Å². The fraction of sp³-hybridized carbons (Fsp3) is 0.471. The molecule has 1 fully saturated rings. The number of carbonyl (C=O) groups excluding carboxylic acids is 2. The summed E-state index contributed by atoms with van der Waals surface area (Å²) in [5.74, 6) is 0.200. The van der Waals surface area contributed by atoms with Crippen LogP contribution < -0.4 is 5.32 Å². The second-order valence-electron chi connectivity index (χ2n) is 6.20. The molecule has 0 saturated carbocycles. The van der Waals surface area contributed by atoms with Crippen molar-refractivity contribution in [3.63, 3.8) is 0 Å². The van der Waals surface area contributed by atoms with E-state index in [-0.39, 0.29) is 23.8 Å². The number of hydrogen-bond acceptors (Lipinski definition) is 3. The molecule has 2 heterocycles. The van der Waals surface area contributed by atoms with Crippen molar-refractivity contribution in [3.8, 4) is 0 Å². The van der Waals surface area contributed by atoms with Gasteiger partial charge in [0, 0.05) is 31.9 Å². The molecule has 23 heavy (non-hydrogen) atoms. The van der Waals surface area contributed by atoms with Crippen LogP contribution in [0, 0.1) is 5.92 Å². The average molecular weight is 314 g/mol. The van der Waals surface area contributed by atoms with Crippen LogP contribution in [-0.4, -0.2) is 45.6 Å². The topological polar surface area (TPSA) is 67.2 Å². The van der Waals surface area contributed by atoms with Gasteiger partial charge in [0.25, 0.3) is 5.91 Å². The Hall–Kier alpha value is -2.37. The lowest BCUT2D eigenvalue weighted by molar-refractivity contribution is -0.121. The van der Waals surface area contributed by atoms with Gasteiger partial charge >= 0.3 is 0 Å². The van der Waals surface area contributed by atoms with Crippen molar-refractivity contribution >= 4 is 22.7 Å². The average Bonchev–Trinajstić information content (AvgIpc) is 3.08. The highest BCUT2D eigenvalue weighted by atomic mass is 16.2. The maximum atomic E-state index is 12.9. The van der Waals surface area contributed by atoms with E-state index in [1.54, 1.807) is 9.58 Å². The number of rotatable bonds is 3. The number of hydrogen-bond donors (Lipinski definition) is 1. The smallest absolute Gasteiger partial charge is 0.275 e. The fourth-order valence-corrected chi connectivity index (χ4v) is 3.15. The van der Waals surface area contributed by atoms with Gasteiger partial charge in [-0.2, -0.15) is 5.10 Å². The third-order valence-corrected chi connectivity index (χ3v) is 4.53. The molecular weight excluding hydrogens is 292 g/mol. The van der Waals surface area contributed by atoms with E-state index in [2.05, 4.69) is 17.3 Å². The summed E-state index contributed by atoms with van der Waals surface area (Å²) in [6.07, 6.45) is 0.460. The molecule has 1 aromatic heterocycles. The molecule has 1 aliphatic heterocycles. The number of nitrogens with one attached hydrogen (secondary N) is 1. The van der Waals surface area contributed by atoms with Crippen LogP contribution in [0.1, 0.15) is 30.8 Å². The van der Waals surface area contributed by atoms with E-state index in [0.717, 1.165) is 10.9 Å². The number of benzene rings is 1. The summed E-state index contributed by atoms with van der Waals surface area (Å²) in [5, 5.41) is 8.27. The number of nitrogens with zero attached hydrogens (tertiary/aromatic N) is 3. The maximum Gasteiger partial charge on any atom is 0.275 e. The van der Waals surface area contributed by atoms with E-state index < -0.39 is 0 Å². The first-order chi connectivity index (χ1) is 11.0. The van der Waals surface area contributed by atoms with Crippen molar-refractivity contribution in [2.45, 2.75) is 26.3 Å². The highest BCUT2D eigenvalue weighted by Crippen LogP contribution is 2.23. The van der Waals surface area contributed by atoms with Crippen molar-refractivity contribution in [3.05, 3.63) is 30.0 Å². The molecule has 122 valence electrons. The minimum Gasteiger partial charge on any atom is -0.351 e. The zero-order chi connectivity index (χ0) is 16.6. The van der Waals surface area contributed by atoms with Crippen molar-refractivity contribution in [2.24, 2.45) is 13.0 Å². The number of carbonyl (C=O) groups is 2. The van der Waals surface area contributed by atoms with E-state index in [1.807, 2.05) is 38.2 Å². The lowest BCUT2D eigenvalue weighted by atomic mass is 10.1. The summed E-state index contributed by atoms with van der Waals surface area (Å²) in [6.45, 7) is 5.07. The Morgan fingerprint density at radius 1 is 1.30 bits per heavy atom. The van der Waals surface area contributed by atoms with Crippen molar-refractivity contribution < 1.29 is 9.59 Å². The lowest BCUT2D eigenvalue weighted by Gasteiger charge is -2.16. The Balaban J connectivity index is 1.82. The Morgan fingerprint density at radius 3 is 2.78 bits per heavy atom. The Morgan fingerprint density at radius 2 is 2.04 bits per heavy atom. The summed E-state index contributed by atoms with van der Waals surface area (Å²) < 4.78 is 1.73. The first kappa shape index (κ1) is 15.5. The molecular formula is C17H22N4O2. The normalized spacial score (nSPS) is 20.9. The molecule has 2 aromatic rings. The molecule has 1 aromatic carbocycles. The van der Waals surface area contributed by atoms with Crippen molar-refractivity contribution in [2.75, 3.05) is 13.1 Å². The van der Waals surface area contributed by atoms with Gasteiger partial charge in [0.2, 0.25) is 5.91 Å². The SMILES string of the molecule is CCC(=O)NC1CN(C(=O)c2nn(C)c3ccccc23)CC1C. The van der Waals surface area contributed by atoms with Gasteiger partial charge in [0.15, 0.2) is 5.69 Å². The van der Waals surface area contributed by atoms with Crippen LogP contribution in [-0.2, 0) is 11.8 Å². The Bertz CT molecular complexity index is 752. The second kappa shape index (κ2) is 6.02. The van der Waals surface area contributed by atoms with Crippen molar-refractivity contribution in [1.82, 2.24) is 20.0 Å². The monoisotopic (exact) mass is 314 g/mol. The maximum absolute atomic E-state index is 12.9. The third kappa shape index (κ3) is 2.81. The number of para-hydroxylation sites is 1. The van der Waals surface area contributed by atoms with Crippen LogP contribution >= 0.6 is 0 Å². The Kier molecular flexibility index (Phi) is 4.07. The summed E-state index contributed by atoms with van der Waals surface area (Å²) in [6, 6.07) is 7.74. The molecule has 6 nitrogen and oxygen atoms in total. The molecule has 0 aliphatic carbocycles. The summed E-state index contributed by atoms with van der Waals surface area (Å²) in [5.41, 5.74) is 1.43. The number of amides is 2. The molecule has 0 bridgehead atoms. The molecule has 2 atom stereocenters. The van der Waals surface area contributed by atoms with Crippen LogP contribution in [0.5, 0.6) is 0 Å². The van der Waals surface area contributed by atoms with Crippen molar-refractivity contribution in [1.29, 1.82) is 0 Å². The van der Waals surface area contributed by atoms with Gasteiger partial charge in [-0.05, 0) is 12.0 Å². The number of aromatic nitrogens is 2. The zero-order valence-corrected chi connectivity index (χ0v) is 13.7. The van der Waals surface area contributed by atoms with Gasteiger partial charge in [-0.25, -0.2) is 0 Å². The number of likely N-dealkylation sites (tertiary alicyclic amines) is 1. The first-order valence-electron chi connectivity index (χ1n) is 8.01. The van der Waals surface area contributed by atoms with Crippen LogP contribution in [0.15, 0.2) is 24.3 Å². The minimum atomic E-state index is -0.0677. The van der Waals surface area contributed by atoms with Gasteiger partial charge in [-0.1, -0.05) is 32.0 Å². The van der Waals surface area contributed by atoms with Gasteiger partial charge < -0.3 is 10.2 Å². The summed E-state index contributed by atoms with van der Waals surface area (Å²) >= 11 is 0. The van der Waals surface area contributed by atoms with Gasteiger partial charge in [-0.3, -0.25) is 14.3 Å². The third-order valence-electron chi connectivity index (χ3n) is 4.53. The summed E-state index contributed by atoms with van der Waals surface area (Å²) in [7, 11) is 1.84. The fourth-order valence-electron chi connectivity index (χ4n) is 3.15. The van der Waals surface area contributed by atoms with Crippen LogP contribution in [0.4, 0.5) is 0 Å². The molecule has 3 rings (SSSR count). The minimum absolute atomic E-state index is 0.0152. The van der Waals surface area contributed by atoms with E-state index in [9.17, 15) is 9.59 Å². The number of fused-ring (bicyclic) bond motifs is 1. The number of aryl methyl sites for hydroxylation is 1. The zero-order valence-electron chi connectivity index (χ0n) is 13.7. The molecule has 0 radical (unpaired) electrons. The molecule has 0 spiro atoms. The molecule has 2 amide bonds. The van der Waals surface area contributed by atoms with Crippen LogP contribution in [0.25, 0.3) is 10.9 Å². The summed E-state index contributed by atoms with van der Waals surface area (Å²) in [4.78, 5) is 26.3. The predicted octanol–water partition coefficient (Wildman–Crippen LogP) is 1.56.